The van der Waals surface area contributed by atoms with Gasteiger partial charge in [-0.3, -0.25) is 0 Å². The van der Waals surface area contributed by atoms with Crippen LogP contribution in [0, 0.1) is 0 Å². The predicted molar refractivity (Wildman–Crippen MR) is 89.5 cm³/mol. The van der Waals surface area contributed by atoms with Gasteiger partial charge >= 0.3 is 5.97 Å². The maximum atomic E-state index is 11.6. The van der Waals surface area contributed by atoms with Crippen LogP contribution in [-0.4, -0.2) is 37.1 Å². The van der Waals surface area contributed by atoms with Gasteiger partial charge in [-0.2, -0.15) is 0 Å². The van der Waals surface area contributed by atoms with Crippen molar-refractivity contribution in [2.75, 3.05) is 20.3 Å². The van der Waals surface area contributed by atoms with E-state index in [0.717, 1.165) is 35.9 Å². The third-order valence-electron chi connectivity index (χ3n) is 4.69. The molecular weight excluding hydrogens is 306 g/mol. The Balaban J connectivity index is 1.61. The van der Waals surface area contributed by atoms with E-state index in [-0.39, 0.29) is 5.97 Å². The molecule has 1 fully saturated rings. The van der Waals surface area contributed by atoms with E-state index in [1.807, 2.05) is 24.3 Å². The van der Waals surface area contributed by atoms with Crippen LogP contribution < -0.4 is 0 Å². The minimum Gasteiger partial charge on any atom is -0.465 e. The van der Waals surface area contributed by atoms with Crippen LogP contribution >= 0.6 is 0 Å². The van der Waals surface area contributed by atoms with Crippen molar-refractivity contribution in [2.45, 2.75) is 25.0 Å². The Morgan fingerprint density at radius 2 is 2.04 bits per heavy atom. The molecule has 1 spiro atoms. The number of nitrogens with zero attached hydrogens (tertiary/aromatic N) is 1. The molecule has 0 atom stereocenters. The second kappa shape index (κ2) is 6.00. The number of allylic oxidation sites excluding steroid dienone is 1. The summed E-state index contributed by atoms with van der Waals surface area (Å²) in [4.78, 5) is 16.4. The first kappa shape index (κ1) is 15.3. The molecule has 2 heterocycles. The molecule has 2 aromatic rings. The van der Waals surface area contributed by atoms with Crippen LogP contribution in [0.1, 0.15) is 35.3 Å². The van der Waals surface area contributed by atoms with Crippen LogP contribution in [0.4, 0.5) is 0 Å². The Hall–Kier alpha value is -2.24. The van der Waals surface area contributed by atoms with Gasteiger partial charge in [0.15, 0.2) is 5.79 Å². The Labute approximate surface area is 140 Å². The van der Waals surface area contributed by atoms with Gasteiger partial charge in [-0.25, -0.2) is 9.78 Å². The lowest BCUT2D eigenvalue weighted by molar-refractivity contribution is -0.159. The average Bonchev–Trinajstić information content (AvgIpc) is 3.09. The zero-order valence-corrected chi connectivity index (χ0v) is 13.6. The Morgan fingerprint density at radius 3 is 2.75 bits per heavy atom. The van der Waals surface area contributed by atoms with Gasteiger partial charge in [0.05, 0.1) is 37.1 Å². The van der Waals surface area contributed by atoms with E-state index < -0.39 is 5.79 Å². The Kier molecular flexibility index (Phi) is 3.82. The lowest BCUT2D eigenvalue weighted by atomic mass is 9.92. The number of benzene rings is 1. The number of hydrogen-bond acceptors (Lipinski definition) is 5. The van der Waals surface area contributed by atoms with E-state index in [9.17, 15) is 4.79 Å². The van der Waals surface area contributed by atoms with Crippen molar-refractivity contribution in [3.63, 3.8) is 0 Å². The van der Waals surface area contributed by atoms with E-state index in [2.05, 4.69) is 6.08 Å². The highest BCUT2D eigenvalue weighted by Crippen LogP contribution is 2.38. The summed E-state index contributed by atoms with van der Waals surface area (Å²) in [7, 11) is 1.38. The molecule has 1 aromatic heterocycles. The van der Waals surface area contributed by atoms with Crippen LogP contribution in [0.25, 0.3) is 16.5 Å². The quantitative estimate of drug-likeness (QED) is 0.793. The zero-order valence-electron chi connectivity index (χ0n) is 13.6. The number of carbonyl (C=O) groups excluding carboxylic acids is 1. The summed E-state index contributed by atoms with van der Waals surface area (Å²) in [5.41, 5.74) is 3.60. The summed E-state index contributed by atoms with van der Waals surface area (Å²) in [5.74, 6) is -0.742. The molecule has 1 saturated heterocycles. The zero-order chi connectivity index (χ0) is 16.6. The summed E-state index contributed by atoms with van der Waals surface area (Å²) in [6.07, 6.45) is 4.69. The van der Waals surface area contributed by atoms with Crippen molar-refractivity contribution in [3.8, 4) is 0 Å². The molecule has 4 rings (SSSR count). The smallest absolute Gasteiger partial charge is 0.337 e. The number of ether oxygens (including phenoxy) is 3. The van der Waals surface area contributed by atoms with Crippen LogP contribution in [0.5, 0.6) is 0 Å². The third kappa shape index (κ3) is 2.70. The fourth-order valence-corrected chi connectivity index (χ4v) is 3.35. The molecule has 0 unspecified atom stereocenters. The van der Waals surface area contributed by atoms with E-state index >= 15 is 0 Å². The van der Waals surface area contributed by atoms with Crippen molar-refractivity contribution in [1.29, 1.82) is 0 Å². The van der Waals surface area contributed by atoms with Gasteiger partial charge in [0.2, 0.25) is 0 Å². The number of methoxy groups -OCH3 is 1. The number of hydrogen-bond donors (Lipinski definition) is 0. The highest BCUT2D eigenvalue weighted by Gasteiger charge is 2.37. The number of rotatable bonds is 2. The lowest BCUT2D eigenvalue weighted by Crippen LogP contribution is -2.31. The van der Waals surface area contributed by atoms with E-state index in [4.69, 9.17) is 19.2 Å². The summed E-state index contributed by atoms with van der Waals surface area (Å²) in [6.45, 7) is 1.36. The van der Waals surface area contributed by atoms with Crippen LogP contribution in [0.15, 0.2) is 36.4 Å². The summed E-state index contributed by atoms with van der Waals surface area (Å²) in [6, 6.07) is 9.42. The third-order valence-corrected chi connectivity index (χ3v) is 4.69. The van der Waals surface area contributed by atoms with Crippen molar-refractivity contribution < 1.29 is 19.0 Å². The van der Waals surface area contributed by atoms with Gasteiger partial charge in [0.25, 0.3) is 0 Å². The first-order valence-corrected chi connectivity index (χ1v) is 8.16. The van der Waals surface area contributed by atoms with Gasteiger partial charge in [-0.05, 0) is 36.3 Å². The molecule has 124 valence electrons. The molecule has 2 aliphatic rings. The predicted octanol–water partition coefficient (Wildman–Crippen LogP) is 3.33. The van der Waals surface area contributed by atoms with Crippen LogP contribution in [0.2, 0.25) is 0 Å². The van der Waals surface area contributed by atoms with Crippen molar-refractivity contribution in [1.82, 2.24) is 4.98 Å². The number of pyridine rings is 1. The normalized spacial score (nSPS) is 19.5. The minimum atomic E-state index is -0.407. The molecule has 0 saturated carbocycles. The first-order valence-electron chi connectivity index (χ1n) is 8.16. The van der Waals surface area contributed by atoms with E-state index in [0.29, 0.717) is 18.8 Å². The highest BCUT2D eigenvalue weighted by molar-refractivity contribution is 5.94. The number of fused-ring (bicyclic) bond motifs is 1. The average molecular weight is 325 g/mol. The molecule has 0 radical (unpaired) electrons. The monoisotopic (exact) mass is 325 g/mol. The fourth-order valence-electron chi connectivity index (χ4n) is 3.35. The molecule has 5 nitrogen and oxygen atoms in total. The van der Waals surface area contributed by atoms with Gasteiger partial charge in [-0.15, -0.1) is 0 Å². The van der Waals surface area contributed by atoms with Crippen molar-refractivity contribution >= 4 is 22.4 Å². The molecule has 1 aromatic carbocycles. The number of esters is 1. The number of aromatic nitrogens is 1. The standard InChI is InChI=1S/C19H19NO4/c1-22-18(21)15-3-5-17-14(12-15)2-4-16(20-17)13-6-8-19(9-7-13)23-10-11-24-19/h2-6,12H,7-11H2,1H3. The lowest BCUT2D eigenvalue weighted by Gasteiger charge is -2.30. The molecule has 1 aliphatic carbocycles. The van der Waals surface area contributed by atoms with Gasteiger partial charge < -0.3 is 14.2 Å². The molecule has 1 aliphatic heterocycles. The second-order valence-electron chi connectivity index (χ2n) is 6.14. The van der Waals surface area contributed by atoms with Gasteiger partial charge in [0.1, 0.15) is 0 Å². The molecule has 0 amide bonds. The maximum Gasteiger partial charge on any atom is 0.337 e. The summed E-state index contributed by atoms with van der Waals surface area (Å²) < 4.78 is 16.3. The van der Waals surface area contributed by atoms with Gasteiger partial charge in [-0.1, -0.05) is 12.1 Å². The maximum absolute atomic E-state index is 11.6. The van der Waals surface area contributed by atoms with E-state index in [1.165, 1.54) is 12.7 Å². The summed E-state index contributed by atoms with van der Waals surface area (Å²) >= 11 is 0. The molecular formula is C19H19NO4. The van der Waals surface area contributed by atoms with E-state index in [1.54, 1.807) is 6.07 Å². The van der Waals surface area contributed by atoms with Crippen molar-refractivity contribution in [2.24, 2.45) is 0 Å². The number of carbonyl (C=O) groups is 1. The van der Waals surface area contributed by atoms with Crippen LogP contribution in [0.3, 0.4) is 0 Å². The molecule has 0 N–H and O–H groups in total. The molecule has 5 heteroatoms. The fraction of sp³-hybridized carbons (Fsp3) is 0.368. The second-order valence-corrected chi connectivity index (χ2v) is 6.14. The SMILES string of the molecule is COC(=O)c1ccc2nc(C3=CCC4(CC3)OCCO4)ccc2c1. The van der Waals surface area contributed by atoms with Crippen LogP contribution in [-0.2, 0) is 14.2 Å². The summed E-state index contributed by atoms with van der Waals surface area (Å²) in [5, 5.41) is 0.928. The first-order chi connectivity index (χ1) is 11.7. The largest absolute Gasteiger partial charge is 0.465 e. The molecule has 24 heavy (non-hydrogen) atoms. The highest BCUT2D eigenvalue weighted by atomic mass is 16.7. The van der Waals surface area contributed by atoms with Crippen molar-refractivity contribution in [3.05, 3.63) is 47.7 Å². The minimum absolute atomic E-state index is 0.335. The molecule has 0 bridgehead atoms. The topological polar surface area (TPSA) is 57.7 Å². The van der Waals surface area contributed by atoms with Gasteiger partial charge in [0, 0.05) is 18.2 Å². The Bertz CT molecular complexity index is 821. The Morgan fingerprint density at radius 1 is 1.21 bits per heavy atom.